The van der Waals surface area contributed by atoms with E-state index in [-0.39, 0.29) is 19.0 Å². The maximum absolute atomic E-state index is 12.8. The molecule has 0 unspecified atom stereocenters. The first-order chi connectivity index (χ1) is 10.2. The quantitative estimate of drug-likeness (QED) is 0.720. The van der Waals surface area contributed by atoms with E-state index in [1.165, 1.54) is 6.07 Å². The Morgan fingerprint density at radius 1 is 1.22 bits per heavy atom. The molecule has 1 aromatic carbocycles. The van der Waals surface area contributed by atoms with E-state index in [0.29, 0.717) is 12.6 Å². The average Bonchev–Trinajstić information content (AvgIpc) is 2.45. The maximum Gasteiger partial charge on any atom is 0.417 e. The van der Waals surface area contributed by atoms with Crippen LogP contribution >= 0.6 is 12.4 Å². The van der Waals surface area contributed by atoms with Gasteiger partial charge in [-0.15, -0.1) is 12.4 Å². The maximum atomic E-state index is 12.8. The van der Waals surface area contributed by atoms with Crippen molar-refractivity contribution in [1.82, 2.24) is 10.0 Å². The smallest absolute Gasteiger partial charge is 0.315 e. The fourth-order valence-electron chi connectivity index (χ4n) is 1.68. The Morgan fingerprint density at radius 3 is 2.39 bits per heavy atom. The number of hydrogen-bond acceptors (Lipinski definition) is 4. The number of nitriles is 1. The number of nitrogens with one attached hydrogen (secondary N) is 2. The first kappa shape index (κ1) is 21.7. The third kappa shape index (κ3) is 6.35. The lowest BCUT2D eigenvalue weighted by Gasteiger charge is -2.12. The Hall–Kier alpha value is -1.34. The van der Waals surface area contributed by atoms with Gasteiger partial charge in [0.1, 0.15) is 0 Å². The molecule has 0 aliphatic heterocycles. The van der Waals surface area contributed by atoms with Gasteiger partial charge in [-0.1, -0.05) is 6.92 Å². The Kier molecular flexibility index (Phi) is 8.55. The average molecular weight is 372 g/mol. The van der Waals surface area contributed by atoms with Crippen molar-refractivity contribution in [1.29, 1.82) is 5.26 Å². The second-order valence-corrected chi connectivity index (χ2v) is 6.23. The number of benzene rings is 1. The molecule has 0 atom stereocenters. The molecule has 0 bridgehead atoms. The minimum atomic E-state index is -4.79. The van der Waals surface area contributed by atoms with Crippen molar-refractivity contribution >= 4 is 22.4 Å². The predicted octanol–water partition coefficient (Wildman–Crippen LogP) is 2.28. The number of rotatable bonds is 7. The van der Waals surface area contributed by atoms with Gasteiger partial charge in [-0.3, -0.25) is 0 Å². The van der Waals surface area contributed by atoms with Gasteiger partial charge in [0.05, 0.1) is 22.1 Å². The second-order valence-electron chi connectivity index (χ2n) is 4.46. The summed E-state index contributed by atoms with van der Waals surface area (Å²) in [7, 11) is -4.05. The molecule has 0 radical (unpaired) electrons. The van der Waals surface area contributed by atoms with Gasteiger partial charge in [0, 0.05) is 13.1 Å². The Bertz CT molecular complexity index is 657. The van der Waals surface area contributed by atoms with Crippen molar-refractivity contribution in [3.63, 3.8) is 0 Å². The van der Waals surface area contributed by atoms with Crippen molar-refractivity contribution in [2.45, 2.75) is 24.4 Å². The van der Waals surface area contributed by atoms with E-state index in [4.69, 9.17) is 5.26 Å². The number of halogens is 4. The standard InChI is InChI=1S/C13H16F3N3O2S.ClH/c1-2-5-18-6-7-19-22(20,21)11-4-3-10(9-17)12(8-11)13(14,15)16;/h3-4,8,18-19H,2,5-7H2,1H3;1H. The summed E-state index contributed by atoms with van der Waals surface area (Å²) in [6, 6.07) is 3.71. The lowest BCUT2D eigenvalue weighted by atomic mass is 10.1. The third-order valence-corrected chi connectivity index (χ3v) is 4.21. The van der Waals surface area contributed by atoms with Crippen molar-refractivity contribution in [3.8, 4) is 6.07 Å². The van der Waals surface area contributed by atoms with Crippen LogP contribution in [0.15, 0.2) is 23.1 Å². The largest absolute Gasteiger partial charge is 0.417 e. The van der Waals surface area contributed by atoms with Crippen LogP contribution in [0.5, 0.6) is 0 Å². The van der Waals surface area contributed by atoms with Crippen molar-refractivity contribution < 1.29 is 21.6 Å². The molecular formula is C13H17ClF3N3O2S. The van der Waals surface area contributed by atoms with Crippen LogP contribution in [0.1, 0.15) is 24.5 Å². The summed E-state index contributed by atoms with van der Waals surface area (Å²) in [6.45, 7) is 3.10. The van der Waals surface area contributed by atoms with E-state index in [9.17, 15) is 21.6 Å². The Balaban J connectivity index is 0.00000484. The first-order valence-electron chi connectivity index (χ1n) is 6.54. The number of alkyl halides is 3. The van der Waals surface area contributed by atoms with Crippen molar-refractivity contribution in [2.24, 2.45) is 0 Å². The lowest BCUT2D eigenvalue weighted by Crippen LogP contribution is -2.32. The first-order valence-corrected chi connectivity index (χ1v) is 8.02. The van der Waals surface area contributed by atoms with Gasteiger partial charge in [0.15, 0.2) is 0 Å². The number of sulfonamides is 1. The lowest BCUT2D eigenvalue weighted by molar-refractivity contribution is -0.137. The summed E-state index contributed by atoms with van der Waals surface area (Å²) in [5.74, 6) is 0. The van der Waals surface area contributed by atoms with E-state index in [2.05, 4.69) is 10.0 Å². The summed E-state index contributed by atoms with van der Waals surface area (Å²) in [5, 5.41) is 11.6. The van der Waals surface area contributed by atoms with Gasteiger partial charge in [-0.25, -0.2) is 13.1 Å². The molecule has 2 N–H and O–H groups in total. The van der Waals surface area contributed by atoms with E-state index < -0.39 is 32.2 Å². The Morgan fingerprint density at radius 2 is 1.87 bits per heavy atom. The molecule has 0 amide bonds. The molecule has 1 aromatic rings. The van der Waals surface area contributed by atoms with Gasteiger partial charge in [0.2, 0.25) is 10.0 Å². The highest BCUT2D eigenvalue weighted by molar-refractivity contribution is 7.89. The van der Waals surface area contributed by atoms with Crippen LogP contribution in [-0.4, -0.2) is 28.1 Å². The molecule has 0 saturated carbocycles. The summed E-state index contributed by atoms with van der Waals surface area (Å²) in [5.41, 5.74) is -1.88. The highest BCUT2D eigenvalue weighted by atomic mass is 35.5. The summed E-state index contributed by atoms with van der Waals surface area (Å²) < 4.78 is 64.6. The van der Waals surface area contributed by atoms with Gasteiger partial charge < -0.3 is 5.32 Å². The highest BCUT2D eigenvalue weighted by Gasteiger charge is 2.34. The van der Waals surface area contributed by atoms with Gasteiger partial charge >= 0.3 is 6.18 Å². The van der Waals surface area contributed by atoms with E-state index in [1.807, 2.05) is 6.92 Å². The van der Waals surface area contributed by atoms with Crippen LogP contribution in [0.3, 0.4) is 0 Å². The molecule has 130 valence electrons. The zero-order chi connectivity index (χ0) is 16.8. The highest BCUT2D eigenvalue weighted by Crippen LogP contribution is 2.33. The van der Waals surface area contributed by atoms with Gasteiger partial charge in [-0.05, 0) is 31.2 Å². The zero-order valence-corrected chi connectivity index (χ0v) is 13.9. The number of nitrogens with zero attached hydrogens (tertiary/aromatic N) is 1. The van der Waals surface area contributed by atoms with Crippen LogP contribution in [0, 0.1) is 11.3 Å². The monoisotopic (exact) mass is 371 g/mol. The molecule has 0 saturated heterocycles. The summed E-state index contributed by atoms with van der Waals surface area (Å²) >= 11 is 0. The molecule has 1 rings (SSSR count). The van der Waals surface area contributed by atoms with Crippen molar-refractivity contribution in [2.75, 3.05) is 19.6 Å². The molecule has 0 aliphatic carbocycles. The normalized spacial score (nSPS) is 11.6. The molecule has 0 fully saturated rings. The second kappa shape index (κ2) is 9.08. The zero-order valence-electron chi connectivity index (χ0n) is 12.3. The SMILES string of the molecule is CCCNCCNS(=O)(=O)c1ccc(C#N)c(C(F)(F)F)c1.Cl. The predicted molar refractivity (Wildman–Crippen MR) is 81.8 cm³/mol. The van der Waals surface area contributed by atoms with Crippen LogP contribution in [0.2, 0.25) is 0 Å². The Labute approximate surface area is 139 Å². The van der Waals surface area contributed by atoms with Crippen LogP contribution < -0.4 is 10.0 Å². The molecule has 0 spiro atoms. The minimum Gasteiger partial charge on any atom is -0.315 e. The van der Waals surface area contributed by atoms with E-state index >= 15 is 0 Å². The molecule has 0 heterocycles. The van der Waals surface area contributed by atoms with Crippen LogP contribution in [0.4, 0.5) is 13.2 Å². The van der Waals surface area contributed by atoms with Crippen LogP contribution in [-0.2, 0) is 16.2 Å². The fourth-order valence-corrected chi connectivity index (χ4v) is 2.74. The number of hydrogen-bond donors (Lipinski definition) is 2. The molecule has 0 aliphatic rings. The third-order valence-electron chi connectivity index (χ3n) is 2.75. The fraction of sp³-hybridized carbons (Fsp3) is 0.462. The molecule has 10 heteroatoms. The van der Waals surface area contributed by atoms with Crippen molar-refractivity contribution in [3.05, 3.63) is 29.3 Å². The van der Waals surface area contributed by atoms with E-state index in [0.717, 1.165) is 25.1 Å². The molecular weight excluding hydrogens is 355 g/mol. The summed E-state index contributed by atoms with van der Waals surface area (Å²) in [4.78, 5) is -0.519. The topological polar surface area (TPSA) is 82.0 Å². The van der Waals surface area contributed by atoms with Gasteiger partial charge in [-0.2, -0.15) is 18.4 Å². The molecule has 23 heavy (non-hydrogen) atoms. The van der Waals surface area contributed by atoms with E-state index in [1.54, 1.807) is 0 Å². The van der Waals surface area contributed by atoms with Crippen LogP contribution in [0.25, 0.3) is 0 Å². The minimum absolute atomic E-state index is 0. The van der Waals surface area contributed by atoms with Gasteiger partial charge in [0.25, 0.3) is 0 Å². The molecule has 0 aromatic heterocycles. The summed E-state index contributed by atoms with van der Waals surface area (Å²) in [6.07, 6.45) is -3.91. The molecule has 5 nitrogen and oxygen atoms in total.